The maximum Gasteiger partial charge on any atom is 0.276 e. The SMILES string of the molecule is CN1CCN(c2ccc(Nc3ncc(Cl)c(C(=O)Nc4c(F)cccc4Cl)n3)cc2F)CC1. The first-order chi connectivity index (χ1) is 15.8. The predicted molar refractivity (Wildman–Crippen MR) is 126 cm³/mol. The van der Waals surface area contributed by atoms with E-state index in [1.165, 1.54) is 24.4 Å². The van der Waals surface area contributed by atoms with Gasteiger partial charge in [-0.15, -0.1) is 0 Å². The monoisotopic (exact) mass is 492 g/mol. The number of amides is 1. The van der Waals surface area contributed by atoms with Crippen molar-refractivity contribution in [2.75, 3.05) is 48.8 Å². The minimum Gasteiger partial charge on any atom is -0.367 e. The van der Waals surface area contributed by atoms with Crippen molar-refractivity contribution in [3.05, 3.63) is 70.0 Å². The quantitative estimate of drug-likeness (QED) is 0.532. The largest absolute Gasteiger partial charge is 0.367 e. The Morgan fingerprint density at radius 3 is 2.48 bits per heavy atom. The summed E-state index contributed by atoms with van der Waals surface area (Å²) in [7, 11) is 2.03. The van der Waals surface area contributed by atoms with Crippen LogP contribution >= 0.6 is 23.2 Å². The number of likely N-dealkylation sites (N-methyl/N-ethyl adjacent to an activating group) is 1. The Kier molecular flexibility index (Phi) is 6.92. The zero-order valence-corrected chi connectivity index (χ0v) is 19.1. The number of hydrogen-bond donors (Lipinski definition) is 2. The molecule has 0 unspecified atom stereocenters. The van der Waals surface area contributed by atoms with Gasteiger partial charge in [-0.05, 0) is 37.4 Å². The number of nitrogens with one attached hydrogen (secondary N) is 2. The molecule has 0 radical (unpaired) electrons. The molecular formula is C22H20Cl2F2N6O. The van der Waals surface area contributed by atoms with E-state index < -0.39 is 11.7 Å². The number of aromatic nitrogens is 2. The Bertz CT molecular complexity index is 1170. The van der Waals surface area contributed by atoms with Crippen LogP contribution in [0.4, 0.5) is 31.8 Å². The van der Waals surface area contributed by atoms with Gasteiger partial charge in [0.25, 0.3) is 5.91 Å². The molecule has 1 aromatic heterocycles. The Morgan fingerprint density at radius 2 is 1.79 bits per heavy atom. The molecule has 0 bridgehead atoms. The van der Waals surface area contributed by atoms with Crippen LogP contribution in [0, 0.1) is 11.6 Å². The van der Waals surface area contributed by atoms with Crippen LogP contribution in [0.1, 0.15) is 10.5 Å². The standard InChI is InChI=1S/C22H20Cl2F2N6O/c1-31-7-9-32(10-8-31)18-6-5-13(11-17(18)26)28-22-27-12-15(24)20(30-22)21(33)29-19-14(23)3-2-4-16(19)25/h2-6,11-12H,7-10H2,1H3,(H,29,33)(H,27,28,30). The number of carbonyl (C=O) groups excluding carboxylic acids is 1. The molecule has 172 valence electrons. The third kappa shape index (κ3) is 5.32. The summed E-state index contributed by atoms with van der Waals surface area (Å²) in [6, 6.07) is 8.75. The van der Waals surface area contributed by atoms with Gasteiger partial charge in [0.05, 0.1) is 27.6 Å². The Labute approximate surface area is 199 Å². The highest BCUT2D eigenvalue weighted by atomic mass is 35.5. The fraction of sp³-hybridized carbons (Fsp3) is 0.227. The van der Waals surface area contributed by atoms with Crippen molar-refractivity contribution in [2.45, 2.75) is 0 Å². The van der Waals surface area contributed by atoms with Gasteiger partial charge < -0.3 is 20.4 Å². The molecule has 2 heterocycles. The molecular weight excluding hydrogens is 473 g/mol. The molecule has 0 saturated carbocycles. The molecule has 1 amide bonds. The molecule has 1 fully saturated rings. The molecule has 2 aromatic carbocycles. The van der Waals surface area contributed by atoms with Crippen LogP contribution in [0.5, 0.6) is 0 Å². The first-order valence-electron chi connectivity index (χ1n) is 10.1. The topological polar surface area (TPSA) is 73.4 Å². The molecule has 33 heavy (non-hydrogen) atoms. The minimum atomic E-state index is -0.769. The average Bonchev–Trinajstić information content (AvgIpc) is 2.78. The second kappa shape index (κ2) is 9.86. The van der Waals surface area contributed by atoms with Crippen molar-refractivity contribution in [1.82, 2.24) is 14.9 Å². The van der Waals surface area contributed by atoms with Gasteiger partial charge in [-0.25, -0.2) is 18.7 Å². The molecule has 0 atom stereocenters. The van der Waals surface area contributed by atoms with E-state index in [1.807, 2.05) is 11.9 Å². The summed E-state index contributed by atoms with van der Waals surface area (Å²) < 4.78 is 28.8. The van der Waals surface area contributed by atoms with Crippen molar-refractivity contribution < 1.29 is 13.6 Å². The summed E-state index contributed by atoms with van der Waals surface area (Å²) in [5, 5.41) is 5.22. The number of halogens is 4. The van der Waals surface area contributed by atoms with E-state index in [2.05, 4.69) is 25.5 Å². The van der Waals surface area contributed by atoms with Crippen LogP contribution in [0.15, 0.2) is 42.6 Å². The maximum atomic E-state index is 14.8. The summed E-state index contributed by atoms with van der Waals surface area (Å²) in [5.74, 6) is -1.83. The van der Waals surface area contributed by atoms with E-state index in [4.69, 9.17) is 23.2 Å². The number of carbonyl (C=O) groups is 1. The van der Waals surface area contributed by atoms with E-state index in [0.717, 1.165) is 32.2 Å². The lowest BCUT2D eigenvalue weighted by Crippen LogP contribution is -2.44. The van der Waals surface area contributed by atoms with Crippen molar-refractivity contribution in [3.8, 4) is 0 Å². The molecule has 4 rings (SSSR count). The van der Waals surface area contributed by atoms with Crippen LogP contribution in [-0.2, 0) is 0 Å². The number of anilines is 4. The number of benzene rings is 2. The van der Waals surface area contributed by atoms with Gasteiger partial charge in [0.15, 0.2) is 5.69 Å². The van der Waals surface area contributed by atoms with Gasteiger partial charge >= 0.3 is 0 Å². The zero-order valence-electron chi connectivity index (χ0n) is 17.6. The van der Waals surface area contributed by atoms with Crippen LogP contribution in [-0.4, -0.2) is 54.0 Å². The summed E-state index contributed by atoms with van der Waals surface area (Å²) >= 11 is 12.0. The van der Waals surface area contributed by atoms with Crippen molar-refractivity contribution in [1.29, 1.82) is 0 Å². The molecule has 0 aliphatic carbocycles. The molecule has 1 aliphatic rings. The second-order valence-corrected chi connectivity index (χ2v) is 8.34. The number of para-hydroxylation sites is 1. The Hall–Kier alpha value is -3.01. The number of piperazine rings is 1. The highest BCUT2D eigenvalue weighted by Crippen LogP contribution is 2.27. The van der Waals surface area contributed by atoms with Gasteiger partial charge in [0.2, 0.25) is 5.95 Å². The highest BCUT2D eigenvalue weighted by Gasteiger charge is 2.19. The lowest BCUT2D eigenvalue weighted by molar-refractivity contribution is 0.102. The summed E-state index contributed by atoms with van der Waals surface area (Å²) in [6.07, 6.45) is 1.23. The molecule has 7 nitrogen and oxygen atoms in total. The van der Waals surface area contributed by atoms with Crippen molar-refractivity contribution in [2.24, 2.45) is 0 Å². The van der Waals surface area contributed by atoms with E-state index in [9.17, 15) is 13.6 Å². The lowest BCUT2D eigenvalue weighted by Gasteiger charge is -2.34. The smallest absolute Gasteiger partial charge is 0.276 e. The maximum absolute atomic E-state index is 14.8. The lowest BCUT2D eigenvalue weighted by atomic mass is 10.2. The van der Waals surface area contributed by atoms with E-state index in [1.54, 1.807) is 12.1 Å². The number of hydrogen-bond acceptors (Lipinski definition) is 6. The Morgan fingerprint density at radius 1 is 1.03 bits per heavy atom. The van der Waals surface area contributed by atoms with Gasteiger partial charge in [0.1, 0.15) is 11.6 Å². The number of rotatable bonds is 5. The highest BCUT2D eigenvalue weighted by molar-refractivity contribution is 6.35. The molecule has 0 spiro atoms. The number of nitrogens with zero attached hydrogens (tertiary/aromatic N) is 4. The summed E-state index contributed by atoms with van der Waals surface area (Å²) in [5.41, 5.74) is 0.543. The van der Waals surface area contributed by atoms with Crippen LogP contribution < -0.4 is 15.5 Å². The Balaban J connectivity index is 1.51. The molecule has 1 aliphatic heterocycles. The van der Waals surface area contributed by atoms with E-state index in [-0.39, 0.29) is 33.2 Å². The van der Waals surface area contributed by atoms with Crippen molar-refractivity contribution >= 4 is 52.1 Å². The van der Waals surface area contributed by atoms with E-state index >= 15 is 0 Å². The zero-order chi connectivity index (χ0) is 23.5. The fourth-order valence-electron chi connectivity index (χ4n) is 3.39. The second-order valence-electron chi connectivity index (χ2n) is 7.52. The van der Waals surface area contributed by atoms with Crippen molar-refractivity contribution in [3.63, 3.8) is 0 Å². The third-order valence-corrected chi connectivity index (χ3v) is 5.80. The summed E-state index contributed by atoms with van der Waals surface area (Å²) in [4.78, 5) is 25.0. The molecule has 11 heteroatoms. The molecule has 2 N–H and O–H groups in total. The van der Waals surface area contributed by atoms with Gasteiger partial charge in [0, 0.05) is 31.9 Å². The molecule has 1 saturated heterocycles. The van der Waals surface area contributed by atoms with Crippen LogP contribution in [0.2, 0.25) is 10.0 Å². The van der Waals surface area contributed by atoms with Gasteiger partial charge in [-0.3, -0.25) is 4.79 Å². The third-order valence-electron chi connectivity index (χ3n) is 5.21. The first-order valence-corrected chi connectivity index (χ1v) is 10.9. The first kappa shape index (κ1) is 23.2. The average molecular weight is 493 g/mol. The fourth-order valence-corrected chi connectivity index (χ4v) is 3.78. The van der Waals surface area contributed by atoms with Gasteiger partial charge in [-0.1, -0.05) is 29.3 Å². The molecule has 3 aromatic rings. The summed E-state index contributed by atoms with van der Waals surface area (Å²) in [6.45, 7) is 3.21. The van der Waals surface area contributed by atoms with Gasteiger partial charge in [-0.2, -0.15) is 0 Å². The normalized spacial score (nSPS) is 14.3. The van der Waals surface area contributed by atoms with E-state index in [0.29, 0.717) is 11.4 Å². The minimum absolute atomic E-state index is 0.0240. The van der Waals surface area contributed by atoms with Crippen LogP contribution in [0.3, 0.4) is 0 Å². The predicted octanol–water partition coefficient (Wildman–Crippen LogP) is 4.81. The van der Waals surface area contributed by atoms with Crippen LogP contribution in [0.25, 0.3) is 0 Å².